The number of nitrogens with zero attached hydrogens (tertiary/aromatic N) is 1. The van der Waals surface area contributed by atoms with Gasteiger partial charge in [-0.3, -0.25) is 9.59 Å². The molecule has 0 saturated carbocycles. The van der Waals surface area contributed by atoms with Crippen molar-refractivity contribution < 1.29 is 23.8 Å². The predicted molar refractivity (Wildman–Crippen MR) is 110 cm³/mol. The second kappa shape index (κ2) is 10.3. The van der Waals surface area contributed by atoms with E-state index in [0.717, 1.165) is 25.9 Å². The van der Waals surface area contributed by atoms with E-state index in [2.05, 4.69) is 0 Å². The lowest BCUT2D eigenvalue weighted by Crippen LogP contribution is -2.49. The van der Waals surface area contributed by atoms with E-state index in [1.807, 2.05) is 6.92 Å². The monoisotopic (exact) mass is 423 g/mol. The molecule has 1 aromatic carbocycles. The molecule has 0 bridgehead atoms. The van der Waals surface area contributed by atoms with Crippen molar-refractivity contribution in [3.63, 3.8) is 0 Å². The molecule has 1 amide bonds. The van der Waals surface area contributed by atoms with E-state index in [4.69, 9.17) is 25.8 Å². The van der Waals surface area contributed by atoms with Gasteiger partial charge in [-0.25, -0.2) is 0 Å². The number of likely N-dealkylation sites (tertiary alicyclic amines) is 1. The number of benzene rings is 1. The van der Waals surface area contributed by atoms with Crippen LogP contribution in [0.4, 0.5) is 0 Å². The Morgan fingerprint density at radius 1 is 1.21 bits per heavy atom. The lowest BCUT2D eigenvalue weighted by atomic mass is 9.73. The first-order valence-corrected chi connectivity index (χ1v) is 10.9. The van der Waals surface area contributed by atoms with Crippen molar-refractivity contribution >= 4 is 23.5 Å². The van der Waals surface area contributed by atoms with Crippen LogP contribution in [0.15, 0.2) is 24.3 Å². The number of rotatable bonds is 7. The number of amides is 1. The van der Waals surface area contributed by atoms with Gasteiger partial charge in [-0.05, 0) is 69.7 Å². The zero-order valence-electron chi connectivity index (χ0n) is 17.0. The van der Waals surface area contributed by atoms with E-state index in [-0.39, 0.29) is 24.6 Å². The van der Waals surface area contributed by atoms with Gasteiger partial charge in [0.15, 0.2) is 6.61 Å². The molecule has 0 aromatic heterocycles. The van der Waals surface area contributed by atoms with E-state index in [1.54, 1.807) is 29.2 Å². The Bertz CT molecular complexity index is 679. The Kier molecular flexibility index (Phi) is 7.78. The minimum Gasteiger partial charge on any atom is -0.484 e. The van der Waals surface area contributed by atoms with Crippen molar-refractivity contribution in [1.82, 2.24) is 4.90 Å². The highest BCUT2D eigenvalue weighted by molar-refractivity contribution is 6.30. The summed E-state index contributed by atoms with van der Waals surface area (Å²) in [5.74, 6) is 0.375. The van der Waals surface area contributed by atoms with Crippen molar-refractivity contribution in [2.24, 2.45) is 5.41 Å². The van der Waals surface area contributed by atoms with Gasteiger partial charge in [0.1, 0.15) is 5.75 Å². The average Bonchev–Trinajstić information content (AvgIpc) is 2.74. The van der Waals surface area contributed by atoms with Crippen LogP contribution in [-0.2, 0) is 19.1 Å². The molecular weight excluding hydrogens is 394 g/mol. The third-order valence-electron chi connectivity index (χ3n) is 5.85. The molecule has 2 aliphatic heterocycles. The largest absolute Gasteiger partial charge is 0.484 e. The van der Waals surface area contributed by atoms with Gasteiger partial charge in [-0.15, -0.1) is 0 Å². The molecular formula is C22H30ClNO5. The maximum absolute atomic E-state index is 12.8. The molecule has 29 heavy (non-hydrogen) atoms. The number of carbonyl (C=O) groups excluding carboxylic acids is 2. The van der Waals surface area contributed by atoms with Gasteiger partial charge in [-0.2, -0.15) is 0 Å². The first-order valence-electron chi connectivity index (χ1n) is 10.5. The van der Waals surface area contributed by atoms with Crippen LogP contribution < -0.4 is 4.74 Å². The quantitative estimate of drug-likeness (QED) is 0.623. The van der Waals surface area contributed by atoms with Gasteiger partial charge in [0.25, 0.3) is 5.91 Å². The molecule has 2 heterocycles. The zero-order chi connectivity index (χ0) is 20.7. The molecule has 7 heteroatoms. The highest BCUT2D eigenvalue weighted by atomic mass is 35.5. The maximum Gasteiger partial charge on any atom is 0.312 e. The van der Waals surface area contributed by atoms with Gasteiger partial charge in [0.2, 0.25) is 0 Å². The molecule has 0 N–H and O–H groups in total. The summed E-state index contributed by atoms with van der Waals surface area (Å²) in [6.07, 6.45) is 5.17. The molecule has 0 spiro atoms. The van der Waals surface area contributed by atoms with E-state index in [1.165, 1.54) is 0 Å². The summed E-state index contributed by atoms with van der Waals surface area (Å²) < 4.78 is 16.9. The summed E-state index contributed by atoms with van der Waals surface area (Å²) in [4.78, 5) is 27.1. The first-order chi connectivity index (χ1) is 14.0. The van der Waals surface area contributed by atoms with Crippen LogP contribution in [0.3, 0.4) is 0 Å². The number of carbonyl (C=O) groups is 2. The second-order valence-electron chi connectivity index (χ2n) is 7.82. The number of hydrogen-bond donors (Lipinski definition) is 0. The number of esters is 1. The van der Waals surface area contributed by atoms with E-state index in [9.17, 15) is 9.59 Å². The minimum atomic E-state index is -0.564. The van der Waals surface area contributed by atoms with Crippen molar-refractivity contribution in [3.8, 4) is 5.75 Å². The summed E-state index contributed by atoms with van der Waals surface area (Å²) in [6, 6.07) is 6.93. The molecule has 2 aliphatic rings. The van der Waals surface area contributed by atoms with Crippen molar-refractivity contribution in [2.75, 3.05) is 32.9 Å². The van der Waals surface area contributed by atoms with Crippen molar-refractivity contribution in [1.29, 1.82) is 0 Å². The number of ether oxygens (including phenoxy) is 3. The van der Waals surface area contributed by atoms with E-state index >= 15 is 0 Å². The molecule has 2 saturated heterocycles. The normalized spacial score (nSPS) is 21.4. The van der Waals surface area contributed by atoms with Crippen molar-refractivity contribution in [3.05, 3.63) is 29.3 Å². The molecule has 2 fully saturated rings. The SMILES string of the molecule is CCOC(=O)C1(C[C@@H]2CCCCO2)CCN(C(=O)COc2ccc(Cl)cc2)CC1. The van der Waals surface area contributed by atoms with E-state index < -0.39 is 5.41 Å². The fraction of sp³-hybridized carbons (Fsp3) is 0.636. The van der Waals surface area contributed by atoms with Gasteiger partial charge >= 0.3 is 5.97 Å². The molecule has 1 atom stereocenters. The molecule has 1 aromatic rings. The zero-order valence-corrected chi connectivity index (χ0v) is 17.8. The Balaban J connectivity index is 1.55. The number of halogens is 1. The molecule has 0 aliphatic carbocycles. The Hall–Kier alpha value is -1.79. The lowest BCUT2D eigenvalue weighted by molar-refractivity contribution is -0.164. The lowest BCUT2D eigenvalue weighted by Gasteiger charge is -2.42. The van der Waals surface area contributed by atoms with Crippen LogP contribution in [0.2, 0.25) is 5.02 Å². The molecule has 160 valence electrons. The molecule has 0 radical (unpaired) electrons. The summed E-state index contributed by atoms with van der Waals surface area (Å²) in [6.45, 7) is 3.97. The Morgan fingerprint density at radius 2 is 1.93 bits per heavy atom. The van der Waals surface area contributed by atoms with Crippen LogP contribution in [0.5, 0.6) is 5.75 Å². The number of piperidine rings is 1. The summed E-state index contributed by atoms with van der Waals surface area (Å²) >= 11 is 5.86. The molecule has 0 unspecified atom stereocenters. The van der Waals surface area contributed by atoms with Crippen molar-refractivity contribution in [2.45, 2.75) is 51.6 Å². The minimum absolute atomic E-state index is 0.0280. The van der Waals surface area contributed by atoms with E-state index in [0.29, 0.717) is 49.7 Å². The first kappa shape index (κ1) is 21.9. The highest BCUT2D eigenvalue weighted by Gasteiger charge is 2.45. The smallest absolute Gasteiger partial charge is 0.312 e. The van der Waals surface area contributed by atoms with Crippen LogP contribution in [0.1, 0.15) is 45.4 Å². The van der Waals surface area contributed by atoms with Gasteiger partial charge < -0.3 is 19.1 Å². The highest BCUT2D eigenvalue weighted by Crippen LogP contribution is 2.40. The molecule has 6 nitrogen and oxygen atoms in total. The van der Waals surface area contributed by atoms with Crippen LogP contribution >= 0.6 is 11.6 Å². The van der Waals surface area contributed by atoms with Gasteiger partial charge in [-0.1, -0.05) is 11.6 Å². The van der Waals surface area contributed by atoms with Gasteiger partial charge in [0, 0.05) is 24.7 Å². The predicted octanol–water partition coefficient (Wildman–Crippen LogP) is 3.85. The van der Waals surface area contributed by atoms with Crippen LogP contribution in [0.25, 0.3) is 0 Å². The topological polar surface area (TPSA) is 65.1 Å². The maximum atomic E-state index is 12.8. The third-order valence-corrected chi connectivity index (χ3v) is 6.10. The summed E-state index contributed by atoms with van der Waals surface area (Å²) in [5, 5.41) is 0.622. The van der Waals surface area contributed by atoms with Crippen LogP contribution in [0, 0.1) is 5.41 Å². The third kappa shape index (κ3) is 5.86. The summed E-state index contributed by atoms with van der Waals surface area (Å²) in [5.41, 5.74) is -0.564. The Labute approximate surface area is 177 Å². The average molecular weight is 424 g/mol. The fourth-order valence-corrected chi connectivity index (χ4v) is 4.26. The fourth-order valence-electron chi connectivity index (χ4n) is 4.13. The summed E-state index contributed by atoms with van der Waals surface area (Å²) in [7, 11) is 0. The number of hydrogen-bond acceptors (Lipinski definition) is 5. The van der Waals surface area contributed by atoms with Gasteiger partial charge in [0.05, 0.1) is 18.1 Å². The molecule has 3 rings (SSSR count). The standard InChI is InChI=1S/C22H30ClNO5/c1-2-27-21(26)22(15-19-5-3-4-14-28-19)10-12-24(13-11-22)20(25)16-29-18-8-6-17(23)7-9-18/h6-9,19H,2-5,10-16H2,1H3/t19-/m0/s1. The second-order valence-corrected chi connectivity index (χ2v) is 8.25. The Morgan fingerprint density at radius 3 is 2.55 bits per heavy atom. The van der Waals surface area contributed by atoms with Crippen LogP contribution in [-0.4, -0.2) is 55.8 Å².